The summed E-state index contributed by atoms with van der Waals surface area (Å²) in [6.07, 6.45) is 0. The number of para-hydroxylation sites is 4. The van der Waals surface area contributed by atoms with E-state index in [0.29, 0.717) is 0 Å². The first-order chi connectivity index (χ1) is 28.3. The fraction of sp³-hybridized carbons (Fsp3) is 0. The number of thiophene rings is 1. The Morgan fingerprint density at radius 2 is 0.930 bits per heavy atom. The molecule has 3 aromatic heterocycles. The van der Waals surface area contributed by atoms with Crippen LogP contribution in [0.25, 0.3) is 109 Å². The normalized spacial score (nSPS) is 11.9. The van der Waals surface area contributed by atoms with E-state index in [1.165, 1.54) is 103 Å². The van der Waals surface area contributed by atoms with Crippen LogP contribution in [0.1, 0.15) is 0 Å². The minimum absolute atomic E-state index is 1.16. The van der Waals surface area contributed by atoms with Crippen molar-refractivity contribution in [3.63, 3.8) is 0 Å². The van der Waals surface area contributed by atoms with Crippen molar-refractivity contribution in [3.8, 4) is 44.8 Å². The summed E-state index contributed by atoms with van der Waals surface area (Å²) in [6.45, 7) is 0. The van der Waals surface area contributed by atoms with Crippen molar-refractivity contribution < 1.29 is 0 Å². The lowest BCUT2D eigenvalue weighted by molar-refractivity contribution is 1.18. The predicted molar refractivity (Wildman–Crippen MR) is 244 cm³/mol. The van der Waals surface area contributed by atoms with E-state index in [2.05, 4.69) is 215 Å². The lowest BCUT2D eigenvalue weighted by Crippen LogP contribution is -1.96. The summed E-state index contributed by atoms with van der Waals surface area (Å²) in [5, 5.41) is 7.62. The summed E-state index contributed by atoms with van der Waals surface area (Å²) < 4.78 is 7.55. The molecule has 2 nitrogen and oxygen atoms in total. The second kappa shape index (κ2) is 12.7. The lowest BCUT2D eigenvalue weighted by Gasteiger charge is -2.14. The minimum Gasteiger partial charge on any atom is -0.309 e. The molecule has 0 amide bonds. The Labute approximate surface area is 333 Å². The zero-order chi connectivity index (χ0) is 37.5. The standard InChI is InChI=1S/C54H34N2S/c1-3-16-35(17-4-1)36-18-13-19-37(34-36)39-32-33-49(54-52(39)45-24-9-12-31-50(45)57-54)56-47-29-11-8-23-44(47)51-41(25-15-30-48(51)56)43-27-14-26-42-40-22-7-10-28-46(40)55(53(42)43)38-20-5-2-6-21-38/h1-34H. The first-order valence-electron chi connectivity index (χ1n) is 19.5. The summed E-state index contributed by atoms with van der Waals surface area (Å²) >= 11 is 1.89. The topological polar surface area (TPSA) is 9.86 Å². The molecule has 0 saturated heterocycles. The summed E-state index contributed by atoms with van der Waals surface area (Å²) in [4.78, 5) is 0. The third kappa shape index (κ3) is 4.83. The van der Waals surface area contributed by atoms with Crippen LogP contribution in [0.2, 0.25) is 0 Å². The fourth-order valence-corrected chi connectivity index (χ4v) is 10.5. The van der Waals surface area contributed by atoms with Crippen molar-refractivity contribution >= 4 is 75.1 Å². The molecule has 0 spiro atoms. The van der Waals surface area contributed by atoms with Crippen molar-refractivity contribution in [2.45, 2.75) is 0 Å². The van der Waals surface area contributed by atoms with Crippen molar-refractivity contribution in [1.82, 2.24) is 9.13 Å². The second-order valence-corrected chi connectivity index (χ2v) is 15.9. The number of hydrogen-bond donors (Lipinski definition) is 0. The molecule has 0 aliphatic carbocycles. The van der Waals surface area contributed by atoms with Crippen LogP contribution in [-0.2, 0) is 0 Å². The quantitative estimate of drug-likeness (QED) is 0.166. The van der Waals surface area contributed by atoms with E-state index in [9.17, 15) is 0 Å². The van der Waals surface area contributed by atoms with E-state index in [1.54, 1.807) is 0 Å². The van der Waals surface area contributed by atoms with Gasteiger partial charge in [0.15, 0.2) is 0 Å². The molecule has 0 bridgehead atoms. The van der Waals surface area contributed by atoms with E-state index >= 15 is 0 Å². The first-order valence-corrected chi connectivity index (χ1v) is 20.3. The van der Waals surface area contributed by atoms with Gasteiger partial charge in [-0.25, -0.2) is 0 Å². The molecule has 12 rings (SSSR count). The first kappa shape index (κ1) is 32.1. The molecule has 9 aromatic carbocycles. The van der Waals surface area contributed by atoms with Gasteiger partial charge < -0.3 is 9.13 Å². The molecular formula is C54H34N2S. The van der Waals surface area contributed by atoms with Crippen LogP contribution in [-0.4, -0.2) is 9.13 Å². The van der Waals surface area contributed by atoms with Gasteiger partial charge in [-0.05, 0) is 76.3 Å². The molecule has 0 radical (unpaired) electrons. The second-order valence-electron chi connectivity index (χ2n) is 14.8. The third-order valence-corrected chi connectivity index (χ3v) is 12.9. The summed E-state index contributed by atoms with van der Waals surface area (Å²) in [6, 6.07) is 75.5. The van der Waals surface area contributed by atoms with Gasteiger partial charge in [0.25, 0.3) is 0 Å². The Balaban J connectivity index is 1.15. The van der Waals surface area contributed by atoms with Gasteiger partial charge in [-0.15, -0.1) is 11.3 Å². The average molecular weight is 743 g/mol. The Bertz CT molecular complexity index is 3510. The maximum absolute atomic E-state index is 2.52. The molecule has 3 heterocycles. The summed E-state index contributed by atoms with van der Waals surface area (Å²) in [7, 11) is 0. The maximum Gasteiger partial charge on any atom is 0.0641 e. The highest BCUT2D eigenvalue weighted by Gasteiger charge is 2.23. The van der Waals surface area contributed by atoms with E-state index in [0.717, 1.165) is 5.69 Å². The minimum atomic E-state index is 1.16. The maximum atomic E-state index is 2.52. The smallest absolute Gasteiger partial charge is 0.0641 e. The van der Waals surface area contributed by atoms with Crippen LogP contribution in [0, 0.1) is 0 Å². The molecule has 12 aromatic rings. The average Bonchev–Trinajstić information content (AvgIpc) is 3.95. The molecule has 57 heavy (non-hydrogen) atoms. The molecule has 0 N–H and O–H groups in total. The van der Waals surface area contributed by atoms with Crippen LogP contribution in [0.15, 0.2) is 206 Å². The van der Waals surface area contributed by atoms with Crippen LogP contribution in [0.5, 0.6) is 0 Å². The van der Waals surface area contributed by atoms with Gasteiger partial charge in [-0.3, -0.25) is 0 Å². The number of fused-ring (bicyclic) bond motifs is 9. The number of hydrogen-bond acceptors (Lipinski definition) is 1. The van der Waals surface area contributed by atoms with Crippen molar-refractivity contribution in [2.24, 2.45) is 0 Å². The Hall–Kier alpha value is -7.20. The SMILES string of the molecule is c1ccc(-c2cccc(-c3ccc(-n4c5ccccc5c5c(-c6cccc7c8ccccc8n(-c8ccccc8)c67)cccc54)c4sc5ccccc5c34)c2)cc1. The predicted octanol–water partition coefficient (Wildman–Crippen LogP) is 15.2. The largest absolute Gasteiger partial charge is 0.309 e. The van der Waals surface area contributed by atoms with Crippen molar-refractivity contribution in [3.05, 3.63) is 206 Å². The van der Waals surface area contributed by atoms with Crippen molar-refractivity contribution in [2.75, 3.05) is 0 Å². The van der Waals surface area contributed by atoms with E-state index in [1.807, 2.05) is 11.3 Å². The zero-order valence-electron chi connectivity index (χ0n) is 30.9. The lowest BCUT2D eigenvalue weighted by atomic mass is 9.95. The summed E-state index contributed by atoms with van der Waals surface area (Å²) in [5.74, 6) is 0. The third-order valence-electron chi connectivity index (χ3n) is 11.7. The van der Waals surface area contributed by atoms with Gasteiger partial charge in [-0.2, -0.15) is 0 Å². The van der Waals surface area contributed by atoms with Gasteiger partial charge in [0.1, 0.15) is 0 Å². The molecule has 0 saturated carbocycles. The molecule has 0 fully saturated rings. The van der Waals surface area contributed by atoms with Crippen LogP contribution >= 0.6 is 11.3 Å². The van der Waals surface area contributed by atoms with E-state index in [4.69, 9.17) is 0 Å². The zero-order valence-corrected chi connectivity index (χ0v) is 31.7. The van der Waals surface area contributed by atoms with Crippen molar-refractivity contribution in [1.29, 1.82) is 0 Å². The monoisotopic (exact) mass is 742 g/mol. The molecule has 0 unspecified atom stereocenters. The van der Waals surface area contributed by atoms with Gasteiger partial charge in [0, 0.05) is 48.3 Å². The van der Waals surface area contributed by atoms with Crippen LogP contribution in [0.3, 0.4) is 0 Å². The van der Waals surface area contributed by atoms with E-state index in [-0.39, 0.29) is 0 Å². The van der Waals surface area contributed by atoms with Gasteiger partial charge >= 0.3 is 0 Å². The number of nitrogens with zero attached hydrogens (tertiary/aromatic N) is 2. The van der Waals surface area contributed by atoms with Gasteiger partial charge in [-0.1, -0.05) is 158 Å². The van der Waals surface area contributed by atoms with Crippen LogP contribution in [0.4, 0.5) is 0 Å². The highest BCUT2D eigenvalue weighted by atomic mass is 32.1. The number of benzene rings is 9. The van der Waals surface area contributed by atoms with Gasteiger partial charge in [0.2, 0.25) is 0 Å². The Morgan fingerprint density at radius 1 is 0.333 bits per heavy atom. The molecule has 0 aliphatic rings. The highest BCUT2D eigenvalue weighted by Crippen LogP contribution is 2.47. The molecule has 0 atom stereocenters. The molecule has 266 valence electrons. The molecular weight excluding hydrogens is 709 g/mol. The molecule has 3 heteroatoms. The number of rotatable bonds is 5. The fourth-order valence-electron chi connectivity index (χ4n) is 9.31. The Morgan fingerprint density at radius 3 is 1.77 bits per heavy atom. The highest BCUT2D eigenvalue weighted by molar-refractivity contribution is 7.26. The van der Waals surface area contributed by atoms with Gasteiger partial charge in [0.05, 0.1) is 32.5 Å². The number of aromatic nitrogens is 2. The summed E-state index contributed by atoms with van der Waals surface area (Å²) in [5.41, 5.74) is 14.6. The Kier molecular flexibility index (Phi) is 7.13. The van der Waals surface area contributed by atoms with Crippen LogP contribution < -0.4 is 0 Å². The van der Waals surface area contributed by atoms with E-state index < -0.39 is 0 Å². The molecule has 0 aliphatic heterocycles.